The normalized spacial score (nSPS) is 16.0. The number of aromatic nitrogens is 2. The Morgan fingerprint density at radius 2 is 2.33 bits per heavy atom. The summed E-state index contributed by atoms with van der Waals surface area (Å²) < 4.78 is 1.52. The first-order chi connectivity index (χ1) is 11.4. The van der Waals surface area contributed by atoms with E-state index in [0.29, 0.717) is 21.1 Å². The maximum absolute atomic E-state index is 12.4. The first-order valence-electron chi connectivity index (χ1n) is 7.39. The van der Waals surface area contributed by atoms with Crippen LogP contribution in [0.2, 0.25) is 5.02 Å². The second kappa shape index (κ2) is 7.21. The summed E-state index contributed by atoms with van der Waals surface area (Å²) in [6.45, 7) is 2.08. The molecule has 0 aliphatic carbocycles. The van der Waals surface area contributed by atoms with Crippen LogP contribution in [-0.2, 0) is 18.3 Å². The van der Waals surface area contributed by atoms with E-state index in [9.17, 15) is 9.59 Å². The Hall–Kier alpha value is -1.44. The van der Waals surface area contributed by atoms with E-state index in [1.807, 2.05) is 0 Å². The summed E-state index contributed by atoms with van der Waals surface area (Å²) in [4.78, 5) is 29.8. The largest absolute Gasteiger partial charge is 0.325 e. The number of thioether (sulfide) groups is 2. The van der Waals surface area contributed by atoms with Crippen LogP contribution >= 0.6 is 35.1 Å². The number of benzene rings is 1. The highest BCUT2D eigenvalue weighted by Gasteiger charge is 2.25. The van der Waals surface area contributed by atoms with Gasteiger partial charge in [-0.05, 0) is 18.2 Å². The third-order valence-corrected chi connectivity index (χ3v) is 6.00. The van der Waals surface area contributed by atoms with Gasteiger partial charge in [-0.25, -0.2) is 4.98 Å². The van der Waals surface area contributed by atoms with Crippen molar-refractivity contribution >= 4 is 46.7 Å². The third kappa shape index (κ3) is 3.79. The first-order valence-corrected chi connectivity index (χ1v) is 9.63. The van der Waals surface area contributed by atoms with Crippen molar-refractivity contribution in [3.8, 4) is 0 Å². The van der Waals surface area contributed by atoms with Crippen molar-refractivity contribution in [2.45, 2.75) is 28.6 Å². The van der Waals surface area contributed by atoms with E-state index >= 15 is 0 Å². The molecule has 0 bridgehead atoms. The van der Waals surface area contributed by atoms with Crippen LogP contribution in [0, 0.1) is 0 Å². The van der Waals surface area contributed by atoms with Gasteiger partial charge in [0, 0.05) is 29.4 Å². The number of halogens is 1. The molecule has 126 valence electrons. The molecule has 8 heteroatoms. The number of carbonyl (C=O) groups excluding carboxylic acids is 1. The third-order valence-electron chi connectivity index (χ3n) is 3.52. The van der Waals surface area contributed by atoms with Crippen molar-refractivity contribution in [1.82, 2.24) is 9.55 Å². The molecule has 1 aromatic heterocycles. The standard InChI is InChI=1S/C16H16ClN3O2S2/c1-9-6-12-14(24-9)15(22)20(2)16(19-12)23-8-13(21)18-11-5-3-4-10(17)7-11/h3-5,7,9H,6,8H2,1-2H3,(H,18,21)/t9-/m0/s1. The molecular weight excluding hydrogens is 366 g/mol. The van der Waals surface area contributed by atoms with Crippen LogP contribution in [0.25, 0.3) is 0 Å². The number of nitrogens with one attached hydrogen (secondary N) is 1. The van der Waals surface area contributed by atoms with Crippen LogP contribution in [0.15, 0.2) is 39.1 Å². The van der Waals surface area contributed by atoms with Crippen LogP contribution in [0.5, 0.6) is 0 Å². The monoisotopic (exact) mass is 381 g/mol. The number of amides is 1. The molecule has 1 amide bonds. The zero-order chi connectivity index (χ0) is 17.3. The second-order valence-corrected chi connectivity index (χ2v) is 8.34. The van der Waals surface area contributed by atoms with Crippen molar-refractivity contribution in [2.24, 2.45) is 7.05 Å². The molecule has 0 saturated carbocycles. The topological polar surface area (TPSA) is 64.0 Å². The van der Waals surface area contributed by atoms with Crippen molar-refractivity contribution in [3.63, 3.8) is 0 Å². The molecule has 5 nitrogen and oxygen atoms in total. The number of fused-ring (bicyclic) bond motifs is 1. The average Bonchev–Trinajstić information content (AvgIpc) is 2.90. The first kappa shape index (κ1) is 17.4. The highest BCUT2D eigenvalue weighted by Crippen LogP contribution is 2.33. The molecule has 0 saturated heterocycles. The molecule has 2 aromatic rings. The van der Waals surface area contributed by atoms with E-state index in [1.54, 1.807) is 43.1 Å². The predicted octanol–water partition coefficient (Wildman–Crippen LogP) is 3.20. The summed E-state index contributed by atoms with van der Waals surface area (Å²) in [5, 5.41) is 4.28. The quantitative estimate of drug-likeness (QED) is 0.650. The SMILES string of the molecule is C[C@H]1Cc2nc(SCC(=O)Nc3cccc(Cl)c3)n(C)c(=O)c2S1. The minimum Gasteiger partial charge on any atom is -0.325 e. The molecule has 1 aromatic carbocycles. The van der Waals surface area contributed by atoms with Crippen LogP contribution in [0.1, 0.15) is 12.6 Å². The van der Waals surface area contributed by atoms with Crippen LogP contribution in [0.3, 0.4) is 0 Å². The molecule has 1 aliphatic rings. The predicted molar refractivity (Wildman–Crippen MR) is 99.3 cm³/mol. The summed E-state index contributed by atoms with van der Waals surface area (Å²) >= 11 is 8.73. The van der Waals surface area contributed by atoms with Gasteiger partial charge in [-0.1, -0.05) is 36.4 Å². The Bertz CT molecular complexity index is 854. The maximum Gasteiger partial charge on any atom is 0.267 e. The summed E-state index contributed by atoms with van der Waals surface area (Å²) in [5.74, 6) is 0.00799. The molecule has 3 rings (SSSR count). The van der Waals surface area contributed by atoms with Gasteiger partial charge in [-0.3, -0.25) is 14.2 Å². The fraction of sp³-hybridized carbons (Fsp3) is 0.312. The lowest BCUT2D eigenvalue weighted by Crippen LogP contribution is -2.23. The Balaban J connectivity index is 1.69. The van der Waals surface area contributed by atoms with E-state index in [0.717, 1.165) is 17.0 Å². The summed E-state index contributed by atoms with van der Waals surface area (Å²) in [6, 6.07) is 6.98. The maximum atomic E-state index is 12.4. The van der Waals surface area contributed by atoms with Gasteiger partial charge < -0.3 is 5.32 Å². The Morgan fingerprint density at radius 1 is 1.54 bits per heavy atom. The van der Waals surface area contributed by atoms with Gasteiger partial charge in [0.05, 0.1) is 16.3 Å². The minimum absolute atomic E-state index is 0.0351. The van der Waals surface area contributed by atoms with Crippen molar-refractivity contribution in [2.75, 3.05) is 11.1 Å². The summed E-state index contributed by atoms with van der Waals surface area (Å²) in [7, 11) is 1.69. The smallest absolute Gasteiger partial charge is 0.267 e. The summed E-state index contributed by atoms with van der Waals surface area (Å²) in [5.41, 5.74) is 1.45. The molecule has 0 radical (unpaired) electrons. The van der Waals surface area contributed by atoms with E-state index < -0.39 is 0 Å². The minimum atomic E-state index is -0.167. The molecule has 0 unspecified atom stereocenters. The van der Waals surface area contributed by atoms with Gasteiger partial charge in [0.1, 0.15) is 0 Å². The fourth-order valence-corrected chi connectivity index (χ4v) is 4.52. The van der Waals surface area contributed by atoms with E-state index in [2.05, 4.69) is 17.2 Å². The lowest BCUT2D eigenvalue weighted by Gasteiger charge is -2.09. The van der Waals surface area contributed by atoms with Gasteiger partial charge in [0.2, 0.25) is 5.91 Å². The van der Waals surface area contributed by atoms with E-state index in [4.69, 9.17) is 11.6 Å². The van der Waals surface area contributed by atoms with Crippen LogP contribution < -0.4 is 10.9 Å². The molecule has 0 fully saturated rings. The second-order valence-electron chi connectivity index (χ2n) is 5.51. The average molecular weight is 382 g/mol. The highest BCUT2D eigenvalue weighted by atomic mass is 35.5. The zero-order valence-corrected chi connectivity index (χ0v) is 15.6. The number of hydrogen-bond donors (Lipinski definition) is 1. The molecule has 2 heterocycles. The van der Waals surface area contributed by atoms with Gasteiger partial charge in [0.25, 0.3) is 5.56 Å². The lowest BCUT2D eigenvalue weighted by molar-refractivity contribution is -0.113. The molecule has 1 atom stereocenters. The Kier molecular flexibility index (Phi) is 5.22. The van der Waals surface area contributed by atoms with Gasteiger partial charge >= 0.3 is 0 Å². The lowest BCUT2D eigenvalue weighted by atomic mass is 10.2. The van der Waals surface area contributed by atoms with Gasteiger partial charge in [0.15, 0.2) is 5.16 Å². The van der Waals surface area contributed by atoms with Crippen molar-refractivity contribution in [3.05, 3.63) is 45.3 Å². The number of carbonyl (C=O) groups is 1. The van der Waals surface area contributed by atoms with Gasteiger partial charge in [-0.2, -0.15) is 0 Å². The van der Waals surface area contributed by atoms with Crippen molar-refractivity contribution in [1.29, 1.82) is 0 Å². The van der Waals surface area contributed by atoms with Crippen LogP contribution in [0.4, 0.5) is 5.69 Å². The number of rotatable bonds is 4. The highest BCUT2D eigenvalue weighted by molar-refractivity contribution is 8.00. The molecule has 1 N–H and O–H groups in total. The Labute approximate surface area is 153 Å². The van der Waals surface area contributed by atoms with Crippen LogP contribution in [-0.4, -0.2) is 26.5 Å². The Morgan fingerprint density at radius 3 is 3.08 bits per heavy atom. The van der Waals surface area contributed by atoms with Gasteiger partial charge in [-0.15, -0.1) is 11.8 Å². The van der Waals surface area contributed by atoms with Crippen molar-refractivity contribution < 1.29 is 4.79 Å². The number of hydrogen-bond acceptors (Lipinski definition) is 5. The van der Waals surface area contributed by atoms with E-state index in [-0.39, 0.29) is 17.2 Å². The molecule has 24 heavy (non-hydrogen) atoms. The van der Waals surface area contributed by atoms with E-state index in [1.165, 1.54) is 16.3 Å². The molecule has 0 spiro atoms. The number of nitrogens with zero attached hydrogens (tertiary/aromatic N) is 2. The summed E-state index contributed by atoms with van der Waals surface area (Å²) in [6.07, 6.45) is 0.790. The fourth-order valence-electron chi connectivity index (χ4n) is 2.40. The number of anilines is 1. The molecule has 1 aliphatic heterocycles. The molecular formula is C16H16ClN3O2S2. The zero-order valence-electron chi connectivity index (χ0n) is 13.2.